The van der Waals surface area contributed by atoms with Crippen molar-refractivity contribution in [1.29, 1.82) is 0 Å². The van der Waals surface area contributed by atoms with E-state index < -0.39 is 21.8 Å². The number of rotatable bonds is 9. The molecule has 11 nitrogen and oxygen atoms in total. The molecular formula is C29H30FN7O4S. The number of nitrogens with zero attached hydrogens (tertiary/aromatic N) is 5. The largest absolute Gasteiger partial charge is 0.382 e. The minimum atomic E-state index is -3.94. The van der Waals surface area contributed by atoms with Crippen LogP contribution in [0.4, 0.5) is 21.7 Å². The summed E-state index contributed by atoms with van der Waals surface area (Å²) >= 11 is 0. The predicted octanol–water partition coefficient (Wildman–Crippen LogP) is 3.76. The minimum Gasteiger partial charge on any atom is -0.382 e. The van der Waals surface area contributed by atoms with E-state index in [1.165, 1.54) is 30.3 Å². The summed E-state index contributed by atoms with van der Waals surface area (Å²) < 4.78 is 44.0. The molecule has 0 atom stereocenters. The summed E-state index contributed by atoms with van der Waals surface area (Å²) in [5, 5.41) is 5.54. The molecule has 1 aliphatic heterocycles. The third-order valence-electron chi connectivity index (χ3n) is 6.62. The predicted molar refractivity (Wildman–Crippen MR) is 158 cm³/mol. The number of aromatic nitrogens is 3. The molecule has 1 amide bonds. The van der Waals surface area contributed by atoms with Gasteiger partial charge in [-0.2, -0.15) is 8.42 Å². The molecule has 2 N–H and O–H groups in total. The van der Waals surface area contributed by atoms with E-state index >= 15 is 0 Å². The molecule has 1 fully saturated rings. The summed E-state index contributed by atoms with van der Waals surface area (Å²) in [4.78, 5) is 30.5. The Hall–Kier alpha value is -4.46. The zero-order valence-electron chi connectivity index (χ0n) is 23.1. The van der Waals surface area contributed by atoms with Gasteiger partial charge in [0.05, 0.1) is 23.2 Å². The standard InChI is InChI=1S/C29H30FN7O4S/c1-36-12-14-37(15-13-36)19-20-5-7-23(27(16-20)41-42(2,39)40)28(38)34-26-17-22(6-8-24(26)30)33-29-32-11-9-25(35-29)21-4-3-10-31-18-21/h3-11,16-18H,12-15,19H2,1-2H3,(H,34,38)(H,32,33,35). The van der Waals surface area contributed by atoms with Crippen molar-refractivity contribution < 1.29 is 21.8 Å². The maximum atomic E-state index is 14.8. The molecule has 1 aliphatic rings. The first-order chi connectivity index (χ1) is 20.1. The van der Waals surface area contributed by atoms with Gasteiger partial charge in [-0.1, -0.05) is 6.07 Å². The topological polar surface area (TPSA) is 130 Å². The first kappa shape index (κ1) is 29.0. The molecule has 218 valence electrons. The summed E-state index contributed by atoms with van der Waals surface area (Å²) in [6.07, 6.45) is 5.83. The zero-order valence-corrected chi connectivity index (χ0v) is 23.9. The Bertz CT molecular complexity index is 1680. The number of carbonyl (C=O) groups is 1. The van der Waals surface area contributed by atoms with Crippen molar-refractivity contribution in [2.24, 2.45) is 0 Å². The molecule has 5 rings (SSSR count). The van der Waals surface area contributed by atoms with Gasteiger partial charge in [-0.25, -0.2) is 14.4 Å². The maximum Gasteiger partial charge on any atom is 0.306 e. The van der Waals surface area contributed by atoms with Crippen molar-refractivity contribution in [2.75, 3.05) is 50.1 Å². The summed E-state index contributed by atoms with van der Waals surface area (Å²) in [6.45, 7) is 4.15. The van der Waals surface area contributed by atoms with Crippen molar-refractivity contribution in [3.05, 3.63) is 90.1 Å². The first-order valence-corrected chi connectivity index (χ1v) is 15.0. The Labute approximate surface area is 243 Å². The molecule has 0 bridgehead atoms. The Morgan fingerprint density at radius 3 is 2.60 bits per heavy atom. The molecule has 42 heavy (non-hydrogen) atoms. The molecule has 0 radical (unpaired) electrons. The molecule has 0 aliphatic carbocycles. The fraction of sp³-hybridized carbons (Fsp3) is 0.241. The fourth-order valence-electron chi connectivity index (χ4n) is 4.46. The molecule has 3 heterocycles. The van der Waals surface area contributed by atoms with E-state index in [-0.39, 0.29) is 22.9 Å². The Balaban J connectivity index is 1.34. The van der Waals surface area contributed by atoms with Crippen LogP contribution in [0.2, 0.25) is 0 Å². The molecule has 0 saturated carbocycles. The first-order valence-electron chi connectivity index (χ1n) is 13.2. The third-order valence-corrected chi connectivity index (χ3v) is 7.10. The number of amides is 1. The van der Waals surface area contributed by atoms with Gasteiger partial charge in [0.1, 0.15) is 5.82 Å². The number of pyridine rings is 1. The summed E-state index contributed by atoms with van der Waals surface area (Å²) in [6, 6.07) is 14.2. The zero-order chi connectivity index (χ0) is 29.7. The number of likely N-dealkylation sites (N-methyl/N-ethyl adjacent to an activating group) is 1. The number of anilines is 3. The van der Waals surface area contributed by atoms with E-state index in [1.807, 2.05) is 6.07 Å². The fourth-order valence-corrected chi connectivity index (χ4v) is 4.92. The van der Waals surface area contributed by atoms with Crippen molar-refractivity contribution in [3.63, 3.8) is 0 Å². The van der Waals surface area contributed by atoms with Gasteiger partial charge < -0.3 is 19.7 Å². The molecule has 2 aromatic carbocycles. The van der Waals surface area contributed by atoms with Gasteiger partial charge in [-0.3, -0.25) is 14.7 Å². The highest BCUT2D eigenvalue weighted by Crippen LogP contribution is 2.27. The van der Waals surface area contributed by atoms with Crippen LogP contribution in [0.3, 0.4) is 0 Å². The average Bonchev–Trinajstić information content (AvgIpc) is 2.96. The van der Waals surface area contributed by atoms with Crippen LogP contribution in [0.1, 0.15) is 15.9 Å². The Morgan fingerprint density at radius 1 is 1.05 bits per heavy atom. The van der Waals surface area contributed by atoms with Crippen molar-refractivity contribution >= 4 is 33.3 Å². The van der Waals surface area contributed by atoms with Gasteiger partial charge in [0.15, 0.2) is 5.75 Å². The van der Waals surface area contributed by atoms with E-state index in [2.05, 4.69) is 42.4 Å². The molecule has 0 unspecified atom stereocenters. The van der Waals surface area contributed by atoms with Crippen LogP contribution in [-0.4, -0.2) is 78.6 Å². The molecule has 0 spiro atoms. The number of hydrogen-bond donors (Lipinski definition) is 2. The van der Waals surface area contributed by atoms with E-state index in [1.54, 1.807) is 36.8 Å². The molecule has 13 heteroatoms. The van der Waals surface area contributed by atoms with Crippen molar-refractivity contribution in [3.8, 4) is 17.0 Å². The number of carbonyl (C=O) groups excluding carboxylic acids is 1. The normalized spacial score (nSPS) is 14.4. The average molecular weight is 592 g/mol. The van der Waals surface area contributed by atoms with Gasteiger partial charge in [0, 0.05) is 62.6 Å². The Kier molecular flexibility index (Phi) is 8.71. The number of nitrogens with one attached hydrogen (secondary N) is 2. The highest BCUT2D eigenvalue weighted by atomic mass is 32.2. The van der Waals surface area contributed by atoms with Gasteiger partial charge in [-0.15, -0.1) is 0 Å². The van der Waals surface area contributed by atoms with Gasteiger partial charge >= 0.3 is 10.1 Å². The lowest BCUT2D eigenvalue weighted by Gasteiger charge is -2.32. The number of halogens is 1. The number of benzene rings is 2. The molecular weight excluding hydrogens is 561 g/mol. The molecule has 4 aromatic rings. The van der Waals surface area contributed by atoms with Crippen LogP contribution in [0, 0.1) is 5.82 Å². The van der Waals surface area contributed by atoms with Gasteiger partial charge in [0.2, 0.25) is 5.95 Å². The SMILES string of the molecule is CN1CCN(Cc2ccc(C(=O)Nc3cc(Nc4nccc(-c5cccnc5)n4)ccc3F)c(OS(C)(=O)=O)c2)CC1. The van der Waals surface area contributed by atoms with Crippen molar-refractivity contribution in [1.82, 2.24) is 24.8 Å². The van der Waals surface area contributed by atoms with Crippen LogP contribution in [-0.2, 0) is 16.7 Å². The third kappa shape index (κ3) is 7.63. The summed E-state index contributed by atoms with van der Waals surface area (Å²) in [7, 11) is -1.88. The lowest BCUT2D eigenvalue weighted by atomic mass is 10.1. The second-order valence-electron chi connectivity index (χ2n) is 9.98. The summed E-state index contributed by atoms with van der Waals surface area (Å²) in [5.41, 5.74) is 2.49. The van der Waals surface area contributed by atoms with E-state index in [9.17, 15) is 17.6 Å². The van der Waals surface area contributed by atoms with Gasteiger partial charge in [-0.05, 0) is 61.1 Å². The maximum absolute atomic E-state index is 14.8. The minimum absolute atomic E-state index is 0.0483. The second-order valence-corrected chi connectivity index (χ2v) is 11.6. The second kappa shape index (κ2) is 12.6. The van der Waals surface area contributed by atoms with Crippen LogP contribution in [0.25, 0.3) is 11.3 Å². The number of hydrogen-bond acceptors (Lipinski definition) is 10. The highest BCUT2D eigenvalue weighted by Gasteiger charge is 2.20. The quantitative estimate of drug-likeness (QED) is 0.278. The molecule has 2 aromatic heterocycles. The van der Waals surface area contributed by atoms with E-state index in [0.717, 1.165) is 43.6 Å². The van der Waals surface area contributed by atoms with Crippen LogP contribution >= 0.6 is 0 Å². The lowest BCUT2D eigenvalue weighted by molar-refractivity contribution is 0.102. The number of piperazine rings is 1. The monoisotopic (exact) mass is 591 g/mol. The van der Waals surface area contributed by atoms with E-state index in [4.69, 9.17) is 4.18 Å². The van der Waals surface area contributed by atoms with Crippen LogP contribution < -0.4 is 14.8 Å². The lowest BCUT2D eigenvalue weighted by Crippen LogP contribution is -2.43. The Morgan fingerprint density at radius 2 is 1.86 bits per heavy atom. The highest BCUT2D eigenvalue weighted by molar-refractivity contribution is 7.86. The van der Waals surface area contributed by atoms with Crippen molar-refractivity contribution in [2.45, 2.75) is 6.54 Å². The van der Waals surface area contributed by atoms with Gasteiger partial charge in [0.25, 0.3) is 5.91 Å². The smallest absolute Gasteiger partial charge is 0.306 e. The van der Waals surface area contributed by atoms with Crippen LogP contribution in [0.5, 0.6) is 5.75 Å². The van der Waals surface area contributed by atoms with E-state index in [0.29, 0.717) is 17.9 Å². The summed E-state index contributed by atoms with van der Waals surface area (Å²) in [5.74, 6) is -1.28. The van der Waals surface area contributed by atoms with Crippen LogP contribution in [0.15, 0.2) is 73.2 Å². The molecule has 1 saturated heterocycles.